The number of rotatable bonds is 3. The van der Waals surface area contributed by atoms with Gasteiger partial charge in [-0.05, 0) is 24.7 Å². The topological polar surface area (TPSA) is 20.3 Å². The Balaban J connectivity index is 2.34. The second-order valence-corrected chi connectivity index (χ2v) is 5.61. The van der Waals surface area contributed by atoms with E-state index in [1.54, 1.807) is 0 Å². The molecule has 0 aromatic rings. The van der Waals surface area contributed by atoms with Crippen LogP contribution in [0.5, 0.6) is 0 Å². The van der Waals surface area contributed by atoms with Crippen LogP contribution in [0.25, 0.3) is 0 Å². The minimum absolute atomic E-state index is 0.141. The van der Waals surface area contributed by atoms with Crippen LogP contribution in [0, 0.1) is 11.8 Å². The zero-order chi connectivity index (χ0) is 11.4. The highest BCUT2D eigenvalue weighted by atomic mass is 35.5. The van der Waals surface area contributed by atoms with E-state index in [9.17, 15) is 4.79 Å². The summed E-state index contributed by atoms with van der Waals surface area (Å²) in [5.41, 5.74) is 0. The van der Waals surface area contributed by atoms with E-state index in [2.05, 4.69) is 20.8 Å². The molecule has 15 heavy (non-hydrogen) atoms. The van der Waals surface area contributed by atoms with Crippen LogP contribution in [-0.2, 0) is 4.79 Å². The summed E-state index contributed by atoms with van der Waals surface area (Å²) >= 11 is 6.17. The fraction of sp³-hybridized carbons (Fsp3) is 0.917. The van der Waals surface area contributed by atoms with Gasteiger partial charge in [0.2, 0.25) is 5.91 Å². The second kappa shape index (κ2) is 5.74. The fourth-order valence-electron chi connectivity index (χ4n) is 1.82. The Morgan fingerprint density at radius 1 is 1.53 bits per heavy atom. The molecular formula is C12H22ClNO. The Labute approximate surface area is 98.0 Å². The molecule has 2 nitrogen and oxygen atoms in total. The average molecular weight is 232 g/mol. The summed E-state index contributed by atoms with van der Waals surface area (Å²) in [4.78, 5) is 13.8. The van der Waals surface area contributed by atoms with Crippen molar-refractivity contribution in [3.05, 3.63) is 0 Å². The van der Waals surface area contributed by atoms with Gasteiger partial charge in [-0.25, -0.2) is 0 Å². The van der Waals surface area contributed by atoms with Crippen LogP contribution in [0.15, 0.2) is 0 Å². The lowest BCUT2D eigenvalue weighted by atomic mass is 9.98. The quantitative estimate of drug-likeness (QED) is 0.684. The lowest BCUT2D eigenvalue weighted by Gasteiger charge is -2.34. The molecule has 88 valence electrons. The predicted molar refractivity (Wildman–Crippen MR) is 64.1 cm³/mol. The third-order valence-electron chi connectivity index (χ3n) is 3.15. The molecule has 1 fully saturated rings. The molecule has 1 saturated heterocycles. The molecule has 1 aliphatic rings. The highest BCUT2D eigenvalue weighted by Gasteiger charge is 2.26. The summed E-state index contributed by atoms with van der Waals surface area (Å²) in [5, 5.41) is 0.141. The van der Waals surface area contributed by atoms with E-state index in [0.717, 1.165) is 25.9 Å². The minimum atomic E-state index is 0.141. The van der Waals surface area contributed by atoms with Gasteiger partial charge < -0.3 is 4.90 Å². The Morgan fingerprint density at radius 2 is 2.20 bits per heavy atom. The summed E-state index contributed by atoms with van der Waals surface area (Å²) in [6.07, 6.45) is 2.70. The number of halogens is 1. The Bertz CT molecular complexity index is 218. The number of nitrogens with zero attached hydrogens (tertiary/aromatic N) is 1. The molecule has 0 radical (unpaired) electrons. The molecule has 2 unspecified atom stereocenters. The van der Waals surface area contributed by atoms with Crippen LogP contribution in [0.2, 0.25) is 0 Å². The number of hydrogen-bond acceptors (Lipinski definition) is 1. The highest BCUT2D eigenvalue weighted by Crippen LogP contribution is 2.22. The van der Waals surface area contributed by atoms with Gasteiger partial charge in [-0.1, -0.05) is 20.8 Å². The zero-order valence-corrected chi connectivity index (χ0v) is 10.8. The van der Waals surface area contributed by atoms with Crippen LogP contribution in [-0.4, -0.2) is 29.3 Å². The molecule has 1 heterocycles. The third kappa shape index (κ3) is 4.02. The molecule has 0 N–H and O–H groups in total. The van der Waals surface area contributed by atoms with E-state index in [1.807, 2.05) is 4.90 Å². The summed E-state index contributed by atoms with van der Waals surface area (Å²) in [6.45, 7) is 8.08. The summed E-state index contributed by atoms with van der Waals surface area (Å²) in [7, 11) is 0. The van der Waals surface area contributed by atoms with Crippen molar-refractivity contribution in [1.29, 1.82) is 0 Å². The lowest BCUT2D eigenvalue weighted by molar-refractivity contribution is -0.132. The summed E-state index contributed by atoms with van der Waals surface area (Å²) in [6, 6.07) is 0. The van der Waals surface area contributed by atoms with Crippen LogP contribution in [0.4, 0.5) is 0 Å². The molecule has 0 spiro atoms. The van der Waals surface area contributed by atoms with E-state index in [4.69, 9.17) is 11.6 Å². The largest absolute Gasteiger partial charge is 0.341 e. The maximum atomic E-state index is 11.8. The maximum Gasteiger partial charge on any atom is 0.222 e. The normalized spacial score (nSPS) is 27.1. The average Bonchev–Trinajstić information content (AvgIpc) is 2.18. The number of carbonyl (C=O) groups is 1. The molecule has 2 atom stereocenters. The monoisotopic (exact) mass is 231 g/mol. The Hall–Kier alpha value is -0.240. The van der Waals surface area contributed by atoms with Crippen molar-refractivity contribution >= 4 is 17.5 Å². The predicted octanol–water partition coefficient (Wildman–Crippen LogP) is 2.90. The van der Waals surface area contributed by atoms with Crippen LogP contribution >= 0.6 is 11.6 Å². The van der Waals surface area contributed by atoms with Gasteiger partial charge in [0.05, 0.1) is 5.38 Å². The van der Waals surface area contributed by atoms with E-state index in [0.29, 0.717) is 18.3 Å². The van der Waals surface area contributed by atoms with Gasteiger partial charge in [0.15, 0.2) is 0 Å². The van der Waals surface area contributed by atoms with Crippen molar-refractivity contribution in [3.8, 4) is 0 Å². The number of hydrogen-bond donors (Lipinski definition) is 0. The molecule has 1 rings (SSSR count). The fourth-order valence-corrected chi connectivity index (χ4v) is 2.11. The molecule has 0 aromatic carbocycles. The molecule has 3 heteroatoms. The van der Waals surface area contributed by atoms with Gasteiger partial charge in [0.25, 0.3) is 0 Å². The van der Waals surface area contributed by atoms with Gasteiger partial charge >= 0.3 is 0 Å². The number of amides is 1. The third-order valence-corrected chi connectivity index (χ3v) is 3.72. The standard InChI is InChI=1S/C12H22ClNO/c1-9(2)4-5-12(15)14-7-6-10(3)11(13)8-14/h9-11H,4-8H2,1-3H3. The van der Waals surface area contributed by atoms with Gasteiger partial charge in [-0.2, -0.15) is 0 Å². The summed E-state index contributed by atoms with van der Waals surface area (Å²) < 4.78 is 0. The number of piperidine rings is 1. The van der Waals surface area contributed by atoms with Crippen LogP contribution in [0.1, 0.15) is 40.0 Å². The molecule has 0 saturated carbocycles. The molecule has 0 aromatic heterocycles. The lowest BCUT2D eigenvalue weighted by Crippen LogP contribution is -2.43. The van der Waals surface area contributed by atoms with Crippen molar-refractivity contribution < 1.29 is 4.79 Å². The smallest absolute Gasteiger partial charge is 0.222 e. The molecular weight excluding hydrogens is 210 g/mol. The van der Waals surface area contributed by atoms with E-state index in [-0.39, 0.29) is 11.3 Å². The SMILES string of the molecule is CC(C)CCC(=O)N1CCC(C)C(Cl)C1. The van der Waals surface area contributed by atoms with Crippen molar-refractivity contribution in [2.24, 2.45) is 11.8 Å². The van der Waals surface area contributed by atoms with Crippen LogP contribution in [0.3, 0.4) is 0 Å². The van der Waals surface area contributed by atoms with Gasteiger partial charge in [0.1, 0.15) is 0 Å². The minimum Gasteiger partial charge on any atom is -0.341 e. The van der Waals surface area contributed by atoms with Gasteiger partial charge in [-0.15, -0.1) is 11.6 Å². The molecule has 1 amide bonds. The number of carbonyl (C=O) groups excluding carboxylic acids is 1. The second-order valence-electron chi connectivity index (χ2n) is 5.05. The van der Waals surface area contributed by atoms with Gasteiger partial charge in [0, 0.05) is 19.5 Å². The molecule has 0 aliphatic carbocycles. The maximum absolute atomic E-state index is 11.8. The first-order valence-electron chi connectivity index (χ1n) is 5.92. The first-order chi connectivity index (χ1) is 7.00. The summed E-state index contributed by atoms with van der Waals surface area (Å²) in [5.74, 6) is 1.42. The first-order valence-corrected chi connectivity index (χ1v) is 6.36. The Morgan fingerprint density at radius 3 is 2.73 bits per heavy atom. The van der Waals surface area contributed by atoms with E-state index < -0.39 is 0 Å². The number of likely N-dealkylation sites (tertiary alicyclic amines) is 1. The molecule has 0 bridgehead atoms. The van der Waals surface area contributed by atoms with Crippen molar-refractivity contribution in [2.75, 3.05) is 13.1 Å². The first kappa shape index (κ1) is 12.8. The number of alkyl halides is 1. The van der Waals surface area contributed by atoms with Gasteiger partial charge in [-0.3, -0.25) is 4.79 Å². The van der Waals surface area contributed by atoms with E-state index in [1.165, 1.54) is 0 Å². The van der Waals surface area contributed by atoms with Crippen molar-refractivity contribution in [2.45, 2.75) is 45.4 Å². The zero-order valence-electron chi connectivity index (χ0n) is 10.0. The highest BCUT2D eigenvalue weighted by molar-refractivity contribution is 6.21. The van der Waals surface area contributed by atoms with Crippen molar-refractivity contribution in [3.63, 3.8) is 0 Å². The van der Waals surface area contributed by atoms with Crippen LogP contribution < -0.4 is 0 Å². The molecule has 1 aliphatic heterocycles. The van der Waals surface area contributed by atoms with Crippen molar-refractivity contribution in [1.82, 2.24) is 4.90 Å². The Kier molecular flexibility index (Phi) is 4.91. The van der Waals surface area contributed by atoms with E-state index >= 15 is 0 Å².